The van der Waals surface area contributed by atoms with Crippen LogP contribution < -0.4 is 58.5 Å². The lowest BCUT2D eigenvalue weighted by Crippen LogP contribution is -2.59. The van der Waals surface area contributed by atoms with Crippen LogP contribution in [0, 0.1) is 35.0 Å². The molecule has 0 unspecified atom stereocenters. The molecule has 3 heterocycles. The number of amides is 12. The quantitative estimate of drug-likeness (QED) is 0.00979. The molecule has 1 fully saturated rings. The zero-order valence-corrected chi connectivity index (χ0v) is 77.8. The Morgan fingerprint density at radius 1 is 0.654 bits per heavy atom. The monoisotopic (exact) mass is 1820 g/mol. The Morgan fingerprint density at radius 2 is 1.30 bits per heavy atom. The molecule has 4 aromatic carbocycles. The summed E-state index contributed by atoms with van der Waals surface area (Å²) < 4.78 is 33.7. The maximum atomic E-state index is 15.1. The van der Waals surface area contributed by atoms with Crippen molar-refractivity contribution in [3.8, 4) is 11.8 Å². The van der Waals surface area contributed by atoms with Gasteiger partial charge in [0.25, 0.3) is 5.91 Å². The third-order valence-corrected chi connectivity index (χ3v) is 23.4. The minimum Gasteiger partial charge on any atom is -0.481 e. The minimum absolute atomic E-state index is 0.00277. The number of anilines is 3. The van der Waals surface area contributed by atoms with E-state index in [0.29, 0.717) is 65.7 Å². The number of ether oxygens (including phenoxy) is 6. The van der Waals surface area contributed by atoms with Crippen molar-refractivity contribution in [3.05, 3.63) is 141 Å². The van der Waals surface area contributed by atoms with E-state index >= 15 is 4.79 Å². The summed E-state index contributed by atoms with van der Waals surface area (Å²) in [5.74, 6) is 0.255. The number of esters is 1. The van der Waals surface area contributed by atoms with Crippen molar-refractivity contribution in [3.63, 3.8) is 0 Å². The number of hydrogen-bond acceptors (Lipinski definition) is 22. The van der Waals surface area contributed by atoms with E-state index in [4.69, 9.17) is 39.1 Å². The molecule has 7 rings (SSSR count). The number of carboxylic acid groups (broad SMARTS) is 1. The molecule has 0 bridgehead atoms. The molecule has 0 radical (unpaired) electrons. The van der Waals surface area contributed by atoms with Crippen molar-refractivity contribution in [1.29, 1.82) is 0 Å². The highest BCUT2D eigenvalue weighted by Crippen LogP contribution is 2.34. The number of aliphatic carboxylic acids is 1. The van der Waals surface area contributed by atoms with Crippen LogP contribution >= 0.6 is 11.3 Å². The highest BCUT2D eigenvalue weighted by molar-refractivity contribution is 7.09. The van der Waals surface area contributed by atoms with Crippen molar-refractivity contribution in [1.82, 2.24) is 52.0 Å². The Kier molecular flexibility index (Phi) is 45.2. The molecule has 1 saturated heterocycles. The van der Waals surface area contributed by atoms with Crippen molar-refractivity contribution >= 4 is 106 Å². The normalized spacial score (nSPS) is 14.7. The van der Waals surface area contributed by atoms with Crippen molar-refractivity contribution in [2.45, 2.75) is 227 Å². The highest BCUT2D eigenvalue weighted by atomic mass is 32.1. The molecule has 130 heavy (non-hydrogen) atoms. The second-order valence-electron chi connectivity index (χ2n) is 34.0. The van der Waals surface area contributed by atoms with Gasteiger partial charge >= 0.3 is 24.1 Å². The smallest absolute Gasteiger partial charge is 0.407 e. The maximum Gasteiger partial charge on any atom is 0.407 e. The lowest BCUT2D eigenvalue weighted by atomic mass is 9.84. The second-order valence-corrected chi connectivity index (χ2v) is 34.9. The number of thiazole rings is 1. The average Bonchev–Trinajstić information content (AvgIpc) is 0.831. The lowest BCUT2D eigenvalue weighted by molar-refractivity contribution is -0.150. The van der Waals surface area contributed by atoms with Crippen LogP contribution in [0.5, 0.6) is 0 Å². The molecule has 0 saturated carbocycles. The minimum atomic E-state index is -1.29. The number of carboxylic acids is 1. The fraction of sp³-hybridized carbons (Fsp3) is 0.558. The van der Waals surface area contributed by atoms with Crippen LogP contribution in [0.4, 0.5) is 26.7 Å². The van der Waals surface area contributed by atoms with E-state index < -0.39 is 108 Å². The summed E-state index contributed by atoms with van der Waals surface area (Å²) >= 11 is 1.12. The maximum absolute atomic E-state index is 15.1. The highest BCUT2D eigenvalue weighted by Gasteiger charge is 2.40. The number of nitrogens with two attached hydrogens (primary N) is 1. The predicted octanol–water partition coefficient (Wildman–Crippen LogP) is 9.61. The number of benzene rings is 4. The number of urea groups is 1. The number of primary amides is 1. The van der Waals surface area contributed by atoms with Crippen LogP contribution in [-0.4, -0.2) is 226 Å². The molecule has 0 aliphatic carbocycles. The predicted molar refractivity (Wildman–Crippen MR) is 492 cm³/mol. The van der Waals surface area contributed by atoms with E-state index in [1.165, 1.54) is 6.92 Å². The van der Waals surface area contributed by atoms with Crippen LogP contribution in [0.3, 0.4) is 0 Å². The fourth-order valence-corrected chi connectivity index (χ4v) is 15.7. The summed E-state index contributed by atoms with van der Waals surface area (Å²) in [6, 6.07) is 22.8. The molecule has 2 aliphatic heterocycles. The van der Waals surface area contributed by atoms with Gasteiger partial charge in [-0.3, -0.25) is 57.6 Å². The summed E-state index contributed by atoms with van der Waals surface area (Å²) in [6.45, 7) is 21.0. The first-order valence-electron chi connectivity index (χ1n) is 45.1. The number of alkyl carbamates (subject to hydrolysis) is 1. The van der Waals surface area contributed by atoms with Gasteiger partial charge in [0.15, 0.2) is 6.10 Å². The SMILES string of the molecule is CCCCCCN(C(=O)[C@@H](NC(=O)[C@H]1CCCCN1C)[C@@H](C)CC)[C@H](C[C@@H](OC(C)=O)c1nc(C(=O)N[C@@H](Cc2ccc(NC(=O)CNC(=O)OCc3ccc(NC(=O)[C@H](CCCNC(N)=O)NC(=O)[C@@H](NC(=O)CCOCCOCCOCCOCCNC(=O)CCC(=O)N4Cc5ccccc5C#Cc5ccccc54)C(C)C)cc3)cc2)CC(C)(C)C(=O)O)cs1)C(C)C. The number of unbranched alkanes of at least 4 members (excludes halogenated alkanes) is 3. The number of piperidine rings is 1. The van der Waals surface area contributed by atoms with Crippen molar-refractivity contribution in [2.75, 3.05) is 108 Å². The molecule has 12 N–H and O–H groups in total. The van der Waals surface area contributed by atoms with Crippen molar-refractivity contribution in [2.24, 2.45) is 28.9 Å². The number of fused-ring (bicyclic) bond motifs is 2. The summed E-state index contributed by atoms with van der Waals surface area (Å²) in [5.41, 5.74) is 9.09. The van der Waals surface area contributed by atoms with Gasteiger partial charge in [0.1, 0.15) is 42.0 Å². The average molecular weight is 1820 g/mol. The first-order valence-corrected chi connectivity index (χ1v) is 46.0. The molecular formula is C95H134N14O20S. The third kappa shape index (κ3) is 36.5. The van der Waals surface area contributed by atoms with Crippen LogP contribution in [0.1, 0.15) is 215 Å². The molecular weight excluding hydrogens is 1690 g/mol. The third-order valence-electron chi connectivity index (χ3n) is 22.5. The number of nitrogens with zero attached hydrogens (tertiary/aromatic N) is 4. The van der Waals surface area contributed by atoms with Crippen molar-refractivity contribution < 1.29 is 95.9 Å². The Labute approximate surface area is 766 Å². The summed E-state index contributed by atoms with van der Waals surface area (Å²) in [6.07, 6.45) is 5.53. The van der Waals surface area contributed by atoms with Gasteiger partial charge in [-0.25, -0.2) is 14.6 Å². The molecule has 1 aromatic heterocycles. The van der Waals surface area contributed by atoms with E-state index in [1.54, 1.807) is 86.5 Å². The van der Waals surface area contributed by atoms with Gasteiger partial charge in [0, 0.05) is 92.2 Å². The Hall–Kier alpha value is -11.4. The van der Waals surface area contributed by atoms with Crippen LogP contribution in [0.2, 0.25) is 0 Å². The van der Waals surface area contributed by atoms with Gasteiger partial charge < -0.3 is 96.9 Å². The number of likely N-dealkylation sites (tertiary alicyclic amines) is 1. The molecule has 2 aliphatic rings. The van der Waals surface area contributed by atoms with Crippen LogP contribution in [-0.2, 0) is 95.9 Å². The Balaban J connectivity index is 0.801. The standard InChI is InChI=1S/C95H134N14O20S/c1-12-14-15-21-46-108(91(119)85(64(7)13-2)106-88(117)77-29-20-22-45-107(77)11)78(62(3)4)56-79(129-65(8)110)90-104-75(61-130-90)87(116)102-73(57-95(9,10)92(120)121)55-66-30-36-71(37-31-66)100-82(113)58-99-94(123)128-60-67-32-38-72(39-33-67)101-86(115)74(27-23-43-98-93(96)122)103-89(118)84(63(5)6)105-81(112)42-47-124-49-51-126-53-54-127-52-50-125-48-44-97-80(111)40-41-83(114)109-59-70-26-17-16-24-68(70)34-35-69-25-18-19-28-76(69)109/h16-19,24-26,28,30-33,36-39,61-64,73-74,77-79,84-85H,12-15,20-23,27,29,40-60H2,1-11H3,(H,97,111)(H,99,123)(H,100,113)(H,101,115)(H,102,116)(H,103,118)(H,105,112)(H,106,117)(H,120,121)(H3,96,98,122)/t64-,73-,74-,77+,78+,79+,84-,85-/m0/s1. The fourth-order valence-electron chi connectivity index (χ4n) is 14.9. The lowest BCUT2D eigenvalue weighted by Gasteiger charge is -2.40. The van der Waals surface area contributed by atoms with Crippen LogP contribution in [0.15, 0.2) is 102 Å². The zero-order chi connectivity index (χ0) is 94.7. The second kappa shape index (κ2) is 55.6. The number of carbonyl (C=O) groups excluding carboxylic acids is 12. The number of para-hydroxylation sites is 1. The molecule has 0 spiro atoms. The molecule has 35 heteroatoms. The summed E-state index contributed by atoms with van der Waals surface area (Å²) in [5, 5.41) is 36.9. The Bertz CT molecular complexity index is 4590. The van der Waals surface area contributed by atoms with Gasteiger partial charge in [-0.05, 0) is 149 Å². The molecule has 8 atom stereocenters. The first-order chi connectivity index (χ1) is 62.2. The van der Waals surface area contributed by atoms with Gasteiger partial charge in [-0.1, -0.05) is 147 Å². The van der Waals surface area contributed by atoms with Crippen LogP contribution in [0.25, 0.3) is 0 Å². The number of likely N-dealkylation sites (N-methyl/N-ethyl adjacent to an activating group) is 1. The molecule has 12 amide bonds. The first kappa shape index (κ1) is 106. The van der Waals surface area contributed by atoms with Gasteiger partial charge in [-0.15, -0.1) is 11.3 Å². The van der Waals surface area contributed by atoms with Gasteiger partial charge in [0.2, 0.25) is 47.3 Å². The van der Waals surface area contributed by atoms with E-state index in [-0.39, 0.29) is 165 Å². The largest absolute Gasteiger partial charge is 0.481 e. The van der Waals surface area contributed by atoms with E-state index in [1.807, 2.05) is 93.1 Å². The van der Waals surface area contributed by atoms with Gasteiger partial charge in [0.05, 0.1) is 76.5 Å². The van der Waals surface area contributed by atoms with Gasteiger partial charge in [-0.2, -0.15) is 0 Å². The number of hydrogen-bond donors (Lipinski definition) is 11. The number of carbonyl (C=O) groups is 13. The number of nitrogens with one attached hydrogen (secondary N) is 9. The molecule has 710 valence electrons. The number of aromatic nitrogens is 1. The Morgan fingerprint density at radius 3 is 1.95 bits per heavy atom. The number of rotatable bonds is 56. The van der Waals surface area contributed by atoms with E-state index in [0.717, 1.165) is 73.1 Å². The van der Waals surface area contributed by atoms with E-state index in [2.05, 4.69) is 66.6 Å². The molecule has 5 aromatic rings. The molecule has 34 nitrogen and oxygen atoms in total. The summed E-state index contributed by atoms with van der Waals surface area (Å²) in [7, 11) is 1.93. The van der Waals surface area contributed by atoms with E-state index in [9.17, 15) is 62.6 Å². The topological polar surface area (TPSA) is 454 Å². The zero-order valence-electron chi connectivity index (χ0n) is 77.0. The summed E-state index contributed by atoms with van der Waals surface area (Å²) in [4.78, 5) is 183.